The van der Waals surface area contributed by atoms with Crippen molar-refractivity contribution in [3.63, 3.8) is 0 Å². The molecule has 67 heavy (non-hydrogen) atoms. The standard InChI is InChI=1S/C49H43Cl2N5O9S2/c1-27(2)45(57)55-49-53-28(3)48(66-49)67(61,62)56-24-36-22-43-42(64-26-44(65-43)34-13-15-37(16-14-34)63-25-31-8-17-38(50)39(51)18-31)21-35(36)20-41(56)46(58)54-40(47(59)60)19-29-4-9-32(10-5-29)33-11-6-30(23-52)7-12-33/h4-18,21-22,27,40-41,44H,19-20,24-26H2,1-3H3,(H,54,58)(H,59,60)(H,53,55,57). The van der Waals surface area contributed by atoms with Gasteiger partial charge in [0.05, 0.1) is 27.4 Å². The van der Waals surface area contributed by atoms with E-state index < -0.39 is 46.0 Å². The number of fused-ring (bicyclic) bond motifs is 2. The molecule has 5 aromatic carbocycles. The van der Waals surface area contributed by atoms with E-state index in [-0.39, 0.29) is 53.5 Å². The minimum Gasteiger partial charge on any atom is -0.489 e. The Kier molecular flexibility index (Phi) is 13.9. The molecule has 18 heteroatoms. The highest BCUT2D eigenvalue weighted by Gasteiger charge is 2.43. The van der Waals surface area contributed by atoms with Crippen LogP contribution in [0.25, 0.3) is 11.1 Å². The molecule has 0 bridgehead atoms. The summed E-state index contributed by atoms with van der Waals surface area (Å²) in [5, 5.41) is 25.8. The lowest BCUT2D eigenvalue weighted by Gasteiger charge is -2.36. The first kappa shape index (κ1) is 47.0. The summed E-state index contributed by atoms with van der Waals surface area (Å²) in [5.74, 6) is -1.46. The molecule has 0 radical (unpaired) electrons. The van der Waals surface area contributed by atoms with Gasteiger partial charge in [-0.3, -0.25) is 9.59 Å². The molecule has 0 saturated carbocycles. The number of nitriles is 1. The molecule has 0 aliphatic carbocycles. The normalized spacial score (nSPS) is 16.1. The molecule has 8 rings (SSSR count). The molecular weight excluding hydrogens is 938 g/mol. The number of aromatic nitrogens is 1. The summed E-state index contributed by atoms with van der Waals surface area (Å²) in [5.41, 5.74) is 5.81. The maximum atomic E-state index is 14.8. The lowest BCUT2D eigenvalue weighted by molar-refractivity contribution is -0.142. The van der Waals surface area contributed by atoms with Crippen molar-refractivity contribution in [2.24, 2.45) is 5.92 Å². The van der Waals surface area contributed by atoms with Crippen LogP contribution in [0.2, 0.25) is 10.0 Å². The molecule has 3 unspecified atom stereocenters. The average Bonchev–Trinajstić information content (AvgIpc) is 3.70. The third-order valence-corrected chi connectivity index (χ3v) is 15.6. The van der Waals surface area contributed by atoms with Gasteiger partial charge in [0.2, 0.25) is 11.8 Å². The zero-order valence-electron chi connectivity index (χ0n) is 36.3. The van der Waals surface area contributed by atoms with Crippen LogP contribution in [-0.4, -0.2) is 59.3 Å². The quantitative estimate of drug-likeness (QED) is 0.0943. The van der Waals surface area contributed by atoms with E-state index in [1.54, 1.807) is 62.4 Å². The molecule has 3 heterocycles. The summed E-state index contributed by atoms with van der Waals surface area (Å²) in [6.07, 6.45) is -0.729. The van der Waals surface area contributed by atoms with E-state index in [0.717, 1.165) is 37.9 Å². The molecule has 3 N–H and O–H groups in total. The highest BCUT2D eigenvalue weighted by atomic mass is 35.5. The molecule has 0 fully saturated rings. The Morgan fingerprint density at radius 1 is 0.925 bits per heavy atom. The Bertz CT molecular complexity index is 3010. The second-order valence-corrected chi connectivity index (χ2v) is 20.3. The smallest absolute Gasteiger partial charge is 0.326 e. The fourth-order valence-electron chi connectivity index (χ4n) is 7.65. The van der Waals surface area contributed by atoms with Crippen LogP contribution in [0, 0.1) is 24.2 Å². The predicted molar refractivity (Wildman–Crippen MR) is 253 cm³/mol. The van der Waals surface area contributed by atoms with Crippen LogP contribution < -0.4 is 24.8 Å². The van der Waals surface area contributed by atoms with Gasteiger partial charge in [0.15, 0.2) is 26.9 Å². The van der Waals surface area contributed by atoms with E-state index in [4.69, 9.17) is 42.7 Å². The number of nitrogens with zero attached hydrogens (tertiary/aromatic N) is 3. The van der Waals surface area contributed by atoms with Gasteiger partial charge in [0.25, 0.3) is 10.0 Å². The lowest BCUT2D eigenvalue weighted by Crippen LogP contribution is -2.55. The zero-order valence-corrected chi connectivity index (χ0v) is 39.4. The number of ether oxygens (including phenoxy) is 3. The SMILES string of the molecule is Cc1nc(NC(=O)C(C)C)sc1S(=O)(=O)N1Cc2cc3c(cc2CC1C(=O)NC(Cc1ccc(-c2ccc(C#N)cc2)cc1)C(=O)O)OCC(c1ccc(OCc2ccc(Cl)c(Cl)c2)cc1)O3. The minimum absolute atomic E-state index is 0.0843. The number of benzene rings is 5. The largest absolute Gasteiger partial charge is 0.489 e. The molecule has 2 aliphatic rings. The van der Waals surface area contributed by atoms with E-state index in [2.05, 4.69) is 21.7 Å². The molecule has 344 valence electrons. The number of hydrogen-bond acceptors (Lipinski definition) is 11. The summed E-state index contributed by atoms with van der Waals surface area (Å²) in [6, 6.07) is 29.6. The predicted octanol–water partition coefficient (Wildman–Crippen LogP) is 8.91. The summed E-state index contributed by atoms with van der Waals surface area (Å²) < 4.78 is 49.0. The van der Waals surface area contributed by atoms with Crippen LogP contribution in [0.15, 0.2) is 107 Å². The number of halogens is 2. The van der Waals surface area contributed by atoms with Crippen molar-refractivity contribution < 1.29 is 42.1 Å². The Hall–Kier alpha value is -6.48. The van der Waals surface area contributed by atoms with E-state index in [1.165, 1.54) is 6.92 Å². The summed E-state index contributed by atoms with van der Waals surface area (Å²) in [7, 11) is -4.51. The van der Waals surface area contributed by atoms with Crippen molar-refractivity contribution in [3.8, 4) is 34.4 Å². The van der Waals surface area contributed by atoms with Crippen molar-refractivity contribution in [2.45, 2.75) is 69.2 Å². The number of sulfonamides is 1. The Morgan fingerprint density at radius 3 is 2.25 bits per heavy atom. The zero-order chi connectivity index (χ0) is 47.6. The van der Waals surface area contributed by atoms with Gasteiger partial charge in [-0.15, -0.1) is 0 Å². The van der Waals surface area contributed by atoms with Crippen molar-refractivity contribution in [1.82, 2.24) is 14.6 Å². The number of amides is 2. The molecule has 3 atom stereocenters. The van der Waals surface area contributed by atoms with Crippen molar-refractivity contribution in [1.29, 1.82) is 5.26 Å². The Morgan fingerprint density at radius 2 is 1.60 bits per heavy atom. The van der Waals surface area contributed by atoms with Crippen LogP contribution in [-0.2, 0) is 50.4 Å². The van der Waals surface area contributed by atoms with Crippen molar-refractivity contribution in [3.05, 3.63) is 152 Å². The van der Waals surface area contributed by atoms with Crippen LogP contribution in [0.4, 0.5) is 5.13 Å². The molecule has 2 amide bonds. The lowest BCUT2D eigenvalue weighted by atomic mass is 9.94. The number of aliphatic carboxylic acids is 1. The maximum absolute atomic E-state index is 14.8. The maximum Gasteiger partial charge on any atom is 0.326 e. The molecular formula is C49H43Cl2N5O9S2. The summed E-state index contributed by atoms with van der Waals surface area (Å²) >= 11 is 13.0. The van der Waals surface area contributed by atoms with E-state index in [0.29, 0.717) is 49.5 Å². The number of carbonyl (C=O) groups is 3. The Labute approximate surface area is 401 Å². The fourth-order valence-corrected chi connectivity index (χ4v) is 11.1. The third kappa shape index (κ3) is 10.6. The van der Waals surface area contributed by atoms with Crippen LogP contribution in [0.5, 0.6) is 17.2 Å². The number of nitrogens with one attached hydrogen (secondary N) is 2. The highest BCUT2D eigenvalue weighted by molar-refractivity contribution is 7.91. The van der Waals surface area contributed by atoms with E-state index in [9.17, 15) is 27.9 Å². The highest BCUT2D eigenvalue weighted by Crippen LogP contribution is 2.43. The number of carbonyl (C=O) groups excluding carboxylic acids is 2. The molecule has 0 saturated heterocycles. The van der Waals surface area contributed by atoms with E-state index >= 15 is 0 Å². The average molecular weight is 981 g/mol. The van der Waals surface area contributed by atoms with Gasteiger partial charge in [0, 0.05) is 18.9 Å². The van der Waals surface area contributed by atoms with E-state index in [1.807, 2.05) is 54.6 Å². The number of rotatable bonds is 14. The molecule has 1 aromatic heterocycles. The van der Waals surface area contributed by atoms with Gasteiger partial charge in [-0.2, -0.15) is 9.57 Å². The van der Waals surface area contributed by atoms with Gasteiger partial charge >= 0.3 is 5.97 Å². The molecule has 2 aliphatic heterocycles. The second-order valence-electron chi connectivity index (χ2n) is 16.4. The number of anilines is 1. The number of hydrogen-bond donors (Lipinski definition) is 3. The van der Waals surface area contributed by atoms with Gasteiger partial charge in [-0.25, -0.2) is 18.2 Å². The first-order valence-corrected chi connectivity index (χ1v) is 24.1. The van der Waals surface area contributed by atoms with Crippen molar-refractivity contribution >= 4 is 67.5 Å². The fraction of sp³-hybridized carbons (Fsp3) is 0.245. The molecule has 6 aromatic rings. The minimum atomic E-state index is -4.51. The van der Waals surface area contributed by atoms with Crippen LogP contribution in [0.1, 0.15) is 59.0 Å². The number of thiazole rings is 1. The van der Waals surface area contributed by atoms with Crippen LogP contribution in [0.3, 0.4) is 0 Å². The monoisotopic (exact) mass is 979 g/mol. The summed E-state index contributed by atoms with van der Waals surface area (Å²) in [4.78, 5) is 44.0. The Balaban J connectivity index is 1.03. The number of aryl methyl sites for hydroxylation is 1. The number of carboxylic acid groups (broad SMARTS) is 1. The third-order valence-electron chi connectivity index (χ3n) is 11.4. The van der Waals surface area contributed by atoms with Crippen molar-refractivity contribution in [2.75, 3.05) is 11.9 Å². The van der Waals surface area contributed by atoms with Gasteiger partial charge in [-0.05, 0) is 101 Å². The second kappa shape index (κ2) is 19.8. The summed E-state index contributed by atoms with van der Waals surface area (Å²) in [6.45, 7) is 5.06. The van der Waals surface area contributed by atoms with Gasteiger partial charge < -0.3 is 30.0 Å². The molecule has 0 spiro atoms. The molecule has 14 nitrogen and oxygen atoms in total. The van der Waals surface area contributed by atoms with Gasteiger partial charge in [-0.1, -0.05) is 103 Å². The van der Waals surface area contributed by atoms with Gasteiger partial charge in [0.1, 0.15) is 31.0 Å². The first-order valence-electron chi connectivity index (χ1n) is 21.1. The van der Waals surface area contributed by atoms with Crippen LogP contribution >= 0.6 is 34.5 Å². The number of carboxylic acids is 1. The first-order chi connectivity index (χ1) is 32.1. The topological polar surface area (TPSA) is 197 Å².